The van der Waals surface area contributed by atoms with Crippen molar-refractivity contribution < 1.29 is 24.2 Å². The van der Waals surface area contributed by atoms with Crippen LogP contribution in [0.5, 0.6) is 5.75 Å². The van der Waals surface area contributed by atoms with E-state index >= 15 is 0 Å². The Labute approximate surface area is 139 Å². The monoisotopic (exact) mass is 339 g/mol. The Morgan fingerprint density at radius 2 is 2.04 bits per heavy atom. The summed E-state index contributed by atoms with van der Waals surface area (Å²) in [5, 5.41) is 11.0. The second-order valence-corrected chi connectivity index (χ2v) is 7.10. The molecule has 0 radical (unpaired) electrons. The molecule has 0 spiro atoms. The van der Waals surface area contributed by atoms with E-state index in [-0.39, 0.29) is 11.0 Å². The standard InChI is InChI=1S/C16H21NO5S/c1-16(2,3)22-15(20)17-7-5-10(6-8-17)11-9-23-13(14(18)19)12(11)21-4/h5,9H,6-8H2,1-4H3,(H,18,19). The normalized spacial score (nSPS) is 15.1. The maximum atomic E-state index is 12.0. The third-order valence-corrected chi connectivity index (χ3v) is 4.30. The van der Waals surface area contributed by atoms with Gasteiger partial charge in [-0.05, 0) is 32.8 Å². The number of hydrogen-bond donors (Lipinski definition) is 1. The molecule has 1 aromatic heterocycles. The van der Waals surface area contributed by atoms with E-state index in [9.17, 15) is 14.7 Å². The largest absolute Gasteiger partial charge is 0.494 e. The highest BCUT2D eigenvalue weighted by Crippen LogP contribution is 2.37. The molecule has 6 nitrogen and oxygen atoms in total. The predicted molar refractivity (Wildman–Crippen MR) is 88.2 cm³/mol. The number of carbonyl (C=O) groups is 2. The van der Waals surface area contributed by atoms with Gasteiger partial charge in [-0.1, -0.05) is 6.08 Å². The van der Waals surface area contributed by atoms with Gasteiger partial charge in [0.2, 0.25) is 0 Å². The minimum absolute atomic E-state index is 0.193. The molecule has 0 unspecified atom stereocenters. The number of aromatic carboxylic acids is 1. The number of hydrogen-bond acceptors (Lipinski definition) is 5. The lowest BCUT2D eigenvalue weighted by atomic mass is 10.0. The van der Waals surface area contributed by atoms with E-state index < -0.39 is 11.6 Å². The SMILES string of the molecule is COc1c(C2=CCN(C(=O)OC(C)(C)C)CC2)csc1C(=O)O. The molecule has 0 atom stereocenters. The second kappa shape index (κ2) is 6.62. The summed E-state index contributed by atoms with van der Waals surface area (Å²) in [6.07, 6.45) is 2.21. The first-order valence-electron chi connectivity index (χ1n) is 7.29. The topological polar surface area (TPSA) is 76.1 Å². The van der Waals surface area contributed by atoms with Crippen LogP contribution in [0.3, 0.4) is 0 Å². The molecule has 1 aliphatic heterocycles. The third kappa shape index (κ3) is 4.04. The van der Waals surface area contributed by atoms with Crippen molar-refractivity contribution in [2.75, 3.05) is 20.2 Å². The summed E-state index contributed by atoms with van der Waals surface area (Å²) < 4.78 is 10.6. The summed E-state index contributed by atoms with van der Waals surface area (Å²) in [5.41, 5.74) is 1.26. The van der Waals surface area contributed by atoms with Crippen molar-refractivity contribution in [3.05, 3.63) is 21.9 Å². The van der Waals surface area contributed by atoms with Crippen LogP contribution in [-0.4, -0.2) is 47.9 Å². The fourth-order valence-electron chi connectivity index (χ4n) is 2.32. The Morgan fingerprint density at radius 1 is 1.35 bits per heavy atom. The molecule has 0 saturated heterocycles. The predicted octanol–water partition coefficient (Wildman–Crippen LogP) is 3.48. The molecule has 1 aliphatic rings. The number of thiophene rings is 1. The van der Waals surface area contributed by atoms with Gasteiger partial charge in [0.1, 0.15) is 5.60 Å². The van der Waals surface area contributed by atoms with E-state index in [1.54, 1.807) is 10.3 Å². The minimum atomic E-state index is -0.995. The van der Waals surface area contributed by atoms with Crippen LogP contribution >= 0.6 is 11.3 Å². The van der Waals surface area contributed by atoms with E-state index in [1.807, 2.05) is 26.8 Å². The highest BCUT2D eigenvalue weighted by atomic mass is 32.1. The zero-order chi connectivity index (χ0) is 17.2. The Hall–Kier alpha value is -2.02. The van der Waals surface area contributed by atoms with Crippen molar-refractivity contribution in [2.45, 2.75) is 32.8 Å². The van der Waals surface area contributed by atoms with Gasteiger partial charge in [-0.2, -0.15) is 0 Å². The van der Waals surface area contributed by atoms with E-state index in [2.05, 4.69) is 0 Å². The molecule has 0 aliphatic carbocycles. The van der Waals surface area contributed by atoms with Crippen LogP contribution in [0.25, 0.3) is 5.57 Å². The molecule has 2 heterocycles. The van der Waals surface area contributed by atoms with Crippen LogP contribution in [0, 0.1) is 0 Å². The van der Waals surface area contributed by atoms with E-state index in [0.717, 1.165) is 22.5 Å². The Balaban J connectivity index is 2.13. The molecule has 0 fully saturated rings. The number of carboxylic acids is 1. The molecule has 0 aromatic carbocycles. The van der Waals surface area contributed by atoms with Crippen LogP contribution in [-0.2, 0) is 4.74 Å². The Kier molecular flexibility index (Phi) is 4.99. The molecule has 2 rings (SSSR count). The van der Waals surface area contributed by atoms with E-state index in [1.165, 1.54) is 7.11 Å². The molecule has 1 N–H and O–H groups in total. The van der Waals surface area contributed by atoms with Gasteiger partial charge in [-0.15, -0.1) is 11.3 Å². The van der Waals surface area contributed by atoms with Crippen LogP contribution in [0.2, 0.25) is 0 Å². The van der Waals surface area contributed by atoms with Crippen LogP contribution in [0.15, 0.2) is 11.5 Å². The van der Waals surface area contributed by atoms with Crippen molar-refractivity contribution in [2.24, 2.45) is 0 Å². The van der Waals surface area contributed by atoms with Gasteiger partial charge in [-0.25, -0.2) is 9.59 Å². The summed E-state index contributed by atoms with van der Waals surface area (Å²) in [6.45, 7) is 6.47. The van der Waals surface area contributed by atoms with E-state index in [4.69, 9.17) is 9.47 Å². The molecular formula is C16H21NO5S. The molecule has 1 aromatic rings. The van der Waals surface area contributed by atoms with Crippen molar-refractivity contribution in [3.63, 3.8) is 0 Å². The van der Waals surface area contributed by atoms with Gasteiger partial charge >= 0.3 is 12.1 Å². The third-order valence-electron chi connectivity index (χ3n) is 3.35. The van der Waals surface area contributed by atoms with Gasteiger partial charge < -0.3 is 19.5 Å². The first-order chi connectivity index (χ1) is 10.7. The zero-order valence-corrected chi connectivity index (χ0v) is 14.5. The maximum absolute atomic E-state index is 12.0. The van der Waals surface area contributed by atoms with Gasteiger partial charge in [0.05, 0.1) is 7.11 Å². The van der Waals surface area contributed by atoms with Crippen molar-refractivity contribution in [3.8, 4) is 5.75 Å². The van der Waals surface area contributed by atoms with E-state index in [0.29, 0.717) is 25.3 Å². The summed E-state index contributed by atoms with van der Waals surface area (Å²) in [6, 6.07) is 0. The molecule has 126 valence electrons. The first kappa shape index (κ1) is 17.3. The number of methoxy groups -OCH3 is 1. The van der Waals surface area contributed by atoms with Crippen LogP contribution in [0.4, 0.5) is 4.79 Å². The van der Waals surface area contributed by atoms with Gasteiger partial charge in [0.15, 0.2) is 10.6 Å². The fourth-order valence-corrected chi connectivity index (χ4v) is 3.22. The molecule has 1 amide bonds. The fraction of sp³-hybridized carbons (Fsp3) is 0.500. The Morgan fingerprint density at radius 3 is 2.52 bits per heavy atom. The van der Waals surface area contributed by atoms with Crippen molar-refractivity contribution >= 4 is 29.0 Å². The number of carbonyl (C=O) groups excluding carboxylic acids is 1. The summed E-state index contributed by atoms with van der Waals surface area (Å²) in [4.78, 5) is 25.1. The molecule has 0 bridgehead atoms. The number of nitrogens with zero attached hydrogens (tertiary/aromatic N) is 1. The Bertz CT molecular complexity index is 641. The van der Waals surface area contributed by atoms with Gasteiger partial charge in [0, 0.05) is 24.0 Å². The zero-order valence-electron chi connectivity index (χ0n) is 13.7. The molecule has 0 saturated carbocycles. The first-order valence-corrected chi connectivity index (χ1v) is 8.17. The number of carboxylic acid groups (broad SMARTS) is 1. The second-order valence-electron chi connectivity index (χ2n) is 6.22. The van der Waals surface area contributed by atoms with Crippen LogP contribution < -0.4 is 4.74 Å². The van der Waals surface area contributed by atoms with Crippen molar-refractivity contribution in [1.29, 1.82) is 0 Å². The maximum Gasteiger partial charge on any atom is 0.410 e. The molecular weight excluding hydrogens is 318 g/mol. The van der Waals surface area contributed by atoms with Gasteiger partial charge in [0.25, 0.3) is 0 Å². The summed E-state index contributed by atoms with van der Waals surface area (Å²) in [5.74, 6) is -0.607. The smallest absolute Gasteiger partial charge is 0.410 e. The van der Waals surface area contributed by atoms with Crippen molar-refractivity contribution in [1.82, 2.24) is 4.90 Å². The number of rotatable bonds is 3. The van der Waals surface area contributed by atoms with Crippen LogP contribution in [0.1, 0.15) is 42.4 Å². The molecule has 23 heavy (non-hydrogen) atoms. The number of amides is 1. The lowest BCUT2D eigenvalue weighted by molar-refractivity contribution is 0.0270. The quantitative estimate of drug-likeness (QED) is 0.912. The average molecular weight is 339 g/mol. The molecule has 7 heteroatoms. The van der Waals surface area contributed by atoms with Gasteiger partial charge in [-0.3, -0.25) is 0 Å². The summed E-state index contributed by atoms with van der Waals surface area (Å²) in [7, 11) is 1.47. The highest BCUT2D eigenvalue weighted by Gasteiger charge is 2.26. The summed E-state index contributed by atoms with van der Waals surface area (Å²) >= 11 is 1.15. The lowest BCUT2D eigenvalue weighted by Gasteiger charge is -2.29. The number of ether oxygens (including phenoxy) is 2. The minimum Gasteiger partial charge on any atom is -0.494 e. The lowest BCUT2D eigenvalue weighted by Crippen LogP contribution is -2.39. The highest BCUT2D eigenvalue weighted by molar-refractivity contribution is 7.12. The average Bonchev–Trinajstić information content (AvgIpc) is 2.89.